The molecule has 1 atom stereocenters. The SMILES string of the molecule is Cc1c(C(C)O)sc2nnc(Cl)n12. The minimum absolute atomic E-state index is 0.343. The molecule has 70 valence electrons. The number of halogens is 1. The highest BCUT2D eigenvalue weighted by Gasteiger charge is 2.16. The summed E-state index contributed by atoms with van der Waals surface area (Å²) in [5, 5.41) is 17.4. The first-order chi connectivity index (χ1) is 6.11. The Morgan fingerprint density at radius 1 is 1.54 bits per heavy atom. The van der Waals surface area contributed by atoms with E-state index in [0.717, 1.165) is 15.5 Å². The highest BCUT2D eigenvalue weighted by atomic mass is 35.5. The second kappa shape index (κ2) is 2.94. The van der Waals surface area contributed by atoms with Gasteiger partial charge >= 0.3 is 0 Å². The fraction of sp³-hybridized carbons (Fsp3) is 0.429. The number of nitrogens with zero attached hydrogens (tertiary/aromatic N) is 3. The van der Waals surface area contributed by atoms with Crippen LogP contribution in [0.3, 0.4) is 0 Å². The van der Waals surface area contributed by atoms with Gasteiger partial charge in [-0.25, -0.2) is 0 Å². The van der Waals surface area contributed by atoms with E-state index in [4.69, 9.17) is 11.6 Å². The van der Waals surface area contributed by atoms with E-state index in [2.05, 4.69) is 10.2 Å². The van der Waals surface area contributed by atoms with Gasteiger partial charge in [0, 0.05) is 5.69 Å². The van der Waals surface area contributed by atoms with Gasteiger partial charge in [-0.1, -0.05) is 11.3 Å². The van der Waals surface area contributed by atoms with Crippen LogP contribution < -0.4 is 0 Å². The zero-order valence-electron chi connectivity index (χ0n) is 7.15. The molecule has 6 heteroatoms. The van der Waals surface area contributed by atoms with Crippen LogP contribution in [0.2, 0.25) is 5.28 Å². The van der Waals surface area contributed by atoms with Gasteiger partial charge in [-0.3, -0.25) is 4.40 Å². The van der Waals surface area contributed by atoms with Crippen molar-refractivity contribution in [3.63, 3.8) is 0 Å². The second-order valence-electron chi connectivity index (χ2n) is 2.81. The fourth-order valence-electron chi connectivity index (χ4n) is 1.27. The number of hydrogen-bond donors (Lipinski definition) is 1. The summed E-state index contributed by atoms with van der Waals surface area (Å²) in [5.74, 6) is 0. The third-order valence-electron chi connectivity index (χ3n) is 1.87. The minimum atomic E-state index is -0.484. The summed E-state index contributed by atoms with van der Waals surface area (Å²) in [5.41, 5.74) is 0.907. The van der Waals surface area contributed by atoms with Crippen LogP contribution in [0.15, 0.2) is 0 Å². The Morgan fingerprint density at radius 2 is 2.23 bits per heavy atom. The topological polar surface area (TPSA) is 50.4 Å². The molecule has 0 saturated heterocycles. The minimum Gasteiger partial charge on any atom is -0.388 e. The van der Waals surface area contributed by atoms with E-state index < -0.39 is 6.10 Å². The van der Waals surface area contributed by atoms with Crippen molar-refractivity contribution in [2.24, 2.45) is 0 Å². The number of aromatic nitrogens is 3. The molecule has 0 fully saturated rings. The van der Waals surface area contributed by atoms with Gasteiger partial charge in [0.25, 0.3) is 0 Å². The quantitative estimate of drug-likeness (QED) is 0.793. The van der Waals surface area contributed by atoms with Crippen molar-refractivity contribution in [3.8, 4) is 0 Å². The molecule has 0 bridgehead atoms. The monoisotopic (exact) mass is 217 g/mol. The lowest BCUT2D eigenvalue weighted by atomic mass is 10.3. The molecule has 0 aromatic carbocycles. The highest BCUT2D eigenvalue weighted by Crippen LogP contribution is 2.29. The number of rotatable bonds is 1. The largest absolute Gasteiger partial charge is 0.388 e. The third kappa shape index (κ3) is 1.23. The van der Waals surface area contributed by atoms with Crippen molar-refractivity contribution in [2.75, 3.05) is 0 Å². The standard InChI is InChI=1S/C7H8ClN3OS/c1-3-5(4(2)12)13-7-10-9-6(8)11(3)7/h4,12H,1-2H3. The van der Waals surface area contributed by atoms with Crippen molar-refractivity contribution in [2.45, 2.75) is 20.0 Å². The molecule has 2 aromatic rings. The van der Waals surface area contributed by atoms with E-state index in [0.29, 0.717) is 5.28 Å². The molecule has 0 aliphatic heterocycles. The van der Waals surface area contributed by atoms with Crippen molar-refractivity contribution in [1.82, 2.24) is 14.6 Å². The Hall–Kier alpha value is -0.650. The molecule has 4 nitrogen and oxygen atoms in total. The van der Waals surface area contributed by atoms with Crippen LogP contribution in [0.25, 0.3) is 4.96 Å². The average Bonchev–Trinajstić information content (AvgIpc) is 2.55. The van der Waals surface area contributed by atoms with Crippen LogP contribution in [-0.4, -0.2) is 19.7 Å². The molecular weight excluding hydrogens is 210 g/mol. The maximum absolute atomic E-state index is 9.42. The normalized spacial score (nSPS) is 13.8. The molecule has 0 spiro atoms. The van der Waals surface area contributed by atoms with Crippen molar-refractivity contribution < 1.29 is 5.11 Å². The van der Waals surface area contributed by atoms with Gasteiger partial charge in [-0.15, -0.1) is 10.2 Å². The Bertz CT molecular complexity index is 448. The summed E-state index contributed by atoms with van der Waals surface area (Å²) in [7, 11) is 0. The van der Waals surface area contributed by atoms with E-state index in [1.54, 1.807) is 11.3 Å². The smallest absolute Gasteiger partial charge is 0.230 e. The highest BCUT2D eigenvalue weighted by molar-refractivity contribution is 7.17. The van der Waals surface area contributed by atoms with Crippen LogP contribution >= 0.6 is 22.9 Å². The Kier molecular flexibility index (Phi) is 2.02. The predicted molar refractivity (Wildman–Crippen MR) is 51.2 cm³/mol. The van der Waals surface area contributed by atoms with Gasteiger partial charge in [-0.05, 0) is 25.4 Å². The van der Waals surface area contributed by atoms with Gasteiger partial charge in [-0.2, -0.15) is 0 Å². The number of aliphatic hydroxyl groups excluding tert-OH is 1. The van der Waals surface area contributed by atoms with Crippen molar-refractivity contribution in [1.29, 1.82) is 0 Å². The zero-order chi connectivity index (χ0) is 9.59. The van der Waals surface area contributed by atoms with Crippen LogP contribution in [0.5, 0.6) is 0 Å². The van der Waals surface area contributed by atoms with E-state index in [-0.39, 0.29) is 0 Å². The molecule has 0 aliphatic rings. The van der Waals surface area contributed by atoms with Crippen LogP contribution in [-0.2, 0) is 0 Å². The molecule has 1 unspecified atom stereocenters. The Labute approximate surface area is 83.8 Å². The summed E-state index contributed by atoms with van der Waals surface area (Å²) in [6, 6.07) is 0. The summed E-state index contributed by atoms with van der Waals surface area (Å²) in [4.78, 5) is 1.60. The first-order valence-corrected chi connectivity index (χ1v) is 4.98. The van der Waals surface area contributed by atoms with Crippen LogP contribution in [0.1, 0.15) is 23.6 Å². The van der Waals surface area contributed by atoms with Gasteiger partial charge in [0.1, 0.15) is 0 Å². The van der Waals surface area contributed by atoms with Crippen LogP contribution in [0.4, 0.5) is 0 Å². The van der Waals surface area contributed by atoms with E-state index >= 15 is 0 Å². The lowest BCUT2D eigenvalue weighted by molar-refractivity contribution is 0.202. The maximum atomic E-state index is 9.42. The molecule has 0 aliphatic carbocycles. The fourth-order valence-corrected chi connectivity index (χ4v) is 2.57. The Balaban J connectivity index is 2.75. The predicted octanol–water partition coefficient (Wildman–Crippen LogP) is 1.81. The van der Waals surface area contributed by atoms with Gasteiger partial charge in [0.15, 0.2) is 0 Å². The summed E-state index contributed by atoms with van der Waals surface area (Å²) in [6.07, 6.45) is -0.484. The molecule has 2 heterocycles. The van der Waals surface area contributed by atoms with Gasteiger partial charge < -0.3 is 5.11 Å². The molecule has 13 heavy (non-hydrogen) atoms. The molecule has 0 radical (unpaired) electrons. The van der Waals surface area contributed by atoms with Gasteiger partial charge in [0.2, 0.25) is 10.2 Å². The molecule has 0 amide bonds. The van der Waals surface area contributed by atoms with E-state index in [1.807, 2.05) is 6.92 Å². The summed E-state index contributed by atoms with van der Waals surface area (Å²) in [6.45, 7) is 3.61. The number of fused-ring (bicyclic) bond motifs is 1. The number of aliphatic hydroxyl groups is 1. The lowest BCUT2D eigenvalue weighted by Crippen LogP contribution is -1.92. The molecule has 1 N–H and O–H groups in total. The number of thiazole rings is 1. The second-order valence-corrected chi connectivity index (χ2v) is 4.16. The van der Waals surface area contributed by atoms with E-state index in [1.165, 1.54) is 11.3 Å². The van der Waals surface area contributed by atoms with Crippen molar-refractivity contribution >= 4 is 27.9 Å². The number of hydrogen-bond acceptors (Lipinski definition) is 4. The van der Waals surface area contributed by atoms with E-state index in [9.17, 15) is 5.11 Å². The maximum Gasteiger partial charge on any atom is 0.230 e. The third-order valence-corrected chi connectivity index (χ3v) is 3.41. The first kappa shape index (κ1) is 8.93. The number of aryl methyl sites for hydroxylation is 1. The van der Waals surface area contributed by atoms with Gasteiger partial charge in [0.05, 0.1) is 11.0 Å². The Morgan fingerprint density at radius 3 is 2.77 bits per heavy atom. The van der Waals surface area contributed by atoms with Crippen molar-refractivity contribution in [3.05, 3.63) is 15.9 Å². The lowest BCUT2D eigenvalue weighted by Gasteiger charge is -2.00. The summed E-state index contributed by atoms with van der Waals surface area (Å²) >= 11 is 7.22. The van der Waals surface area contributed by atoms with Crippen LogP contribution in [0, 0.1) is 6.92 Å². The molecular formula is C7H8ClN3OS. The molecule has 0 saturated carbocycles. The first-order valence-electron chi connectivity index (χ1n) is 3.79. The zero-order valence-corrected chi connectivity index (χ0v) is 8.72. The molecule has 2 rings (SSSR count). The average molecular weight is 218 g/mol. The molecule has 2 aromatic heterocycles. The summed E-state index contributed by atoms with van der Waals surface area (Å²) < 4.78 is 1.73.